The second-order valence-corrected chi connectivity index (χ2v) is 9.13. The minimum absolute atomic E-state index is 0.0417. The maximum atomic E-state index is 13.2. The van der Waals surface area contributed by atoms with Gasteiger partial charge in [0.15, 0.2) is 12.4 Å². The molecule has 0 radical (unpaired) electrons. The number of fused-ring (bicyclic) bond motifs is 1. The molecule has 2 aromatic carbocycles. The molecular formula is C21H22N4O5S. The Hall–Kier alpha value is -3.40. The van der Waals surface area contributed by atoms with E-state index in [-0.39, 0.29) is 24.0 Å². The number of hydrogen-bond acceptors (Lipinski definition) is 7. The first kappa shape index (κ1) is 20.9. The van der Waals surface area contributed by atoms with Gasteiger partial charge in [-0.2, -0.15) is 4.98 Å². The number of benzene rings is 2. The molecule has 0 aliphatic carbocycles. The summed E-state index contributed by atoms with van der Waals surface area (Å²) in [5.41, 5.74) is 1.91. The fourth-order valence-electron chi connectivity index (χ4n) is 3.21. The van der Waals surface area contributed by atoms with Crippen molar-refractivity contribution in [3.63, 3.8) is 0 Å². The monoisotopic (exact) mass is 442 g/mol. The number of rotatable bonds is 6. The number of ether oxygens (including phenoxy) is 1. The SMILES string of the molecule is CCc1nc(CN2C(=O)COc3ccc(S(=O)(=O)N(C)c4ccc(C)cc4)cc32)no1. The molecule has 2 heterocycles. The molecule has 0 bridgehead atoms. The van der Waals surface area contributed by atoms with Gasteiger partial charge in [0.25, 0.3) is 15.9 Å². The van der Waals surface area contributed by atoms with Crippen LogP contribution in [0.2, 0.25) is 0 Å². The van der Waals surface area contributed by atoms with Crippen molar-refractivity contribution in [3.8, 4) is 5.75 Å². The van der Waals surface area contributed by atoms with Crippen LogP contribution in [0.5, 0.6) is 5.75 Å². The van der Waals surface area contributed by atoms with Crippen LogP contribution in [0.4, 0.5) is 11.4 Å². The third-order valence-electron chi connectivity index (χ3n) is 5.04. The molecule has 1 aliphatic heterocycles. The van der Waals surface area contributed by atoms with E-state index < -0.39 is 10.0 Å². The summed E-state index contributed by atoms with van der Waals surface area (Å²) in [4.78, 5) is 18.2. The van der Waals surface area contributed by atoms with Crippen molar-refractivity contribution < 1.29 is 22.5 Å². The summed E-state index contributed by atoms with van der Waals surface area (Å²) in [6, 6.07) is 11.6. The fraction of sp³-hybridized carbons (Fsp3) is 0.286. The maximum absolute atomic E-state index is 13.2. The van der Waals surface area contributed by atoms with Gasteiger partial charge in [0, 0.05) is 13.5 Å². The third kappa shape index (κ3) is 3.98. The molecule has 9 nitrogen and oxygen atoms in total. The third-order valence-corrected chi connectivity index (χ3v) is 6.82. The van der Waals surface area contributed by atoms with Gasteiger partial charge in [-0.15, -0.1) is 0 Å². The summed E-state index contributed by atoms with van der Waals surface area (Å²) in [6.07, 6.45) is 0.578. The van der Waals surface area contributed by atoms with Gasteiger partial charge >= 0.3 is 0 Å². The highest BCUT2D eigenvalue weighted by Gasteiger charge is 2.30. The quantitative estimate of drug-likeness (QED) is 0.578. The summed E-state index contributed by atoms with van der Waals surface area (Å²) in [5.74, 6) is 0.891. The number of aryl methyl sites for hydroxylation is 2. The van der Waals surface area contributed by atoms with Crippen LogP contribution in [-0.4, -0.2) is 38.1 Å². The molecule has 0 unspecified atom stereocenters. The van der Waals surface area contributed by atoms with Gasteiger partial charge in [0.05, 0.1) is 22.8 Å². The Morgan fingerprint density at radius 3 is 2.58 bits per heavy atom. The van der Waals surface area contributed by atoms with E-state index in [0.717, 1.165) is 5.56 Å². The van der Waals surface area contributed by atoms with E-state index in [4.69, 9.17) is 9.26 Å². The molecule has 31 heavy (non-hydrogen) atoms. The van der Waals surface area contributed by atoms with Crippen LogP contribution < -0.4 is 13.9 Å². The van der Waals surface area contributed by atoms with E-state index in [9.17, 15) is 13.2 Å². The lowest BCUT2D eigenvalue weighted by molar-refractivity contribution is -0.121. The number of sulfonamides is 1. The van der Waals surface area contributed by atoms with E-state index in [2.05, 4.69) is 10.1 Å². The zero-order valence-electron chi connectivity index (χ0n) is 17.4. The zero-order valence-corrected chi connectivity index (χ0v) is 18.2. The predicted octanol–water partition coefficient (Wildman–Crippen LogP) is 2.69. The van der Waals surface area contributed by atoms with Crippen LogP contribution in [0.1, 0.15) is 24.2 Å². The number of carbonyl (C=O) groups excluding carboxylic acids is 1. The molecule has 0 fully saturated rings. The van der Waals surface area contributed by atoms with Crippen LogP contribution in [0.25, 0.3) is 0 Å². The van der Waals surface area contributed by atoms with Crippen molar-refractivity contribution in [3.05, 3.63) is 59.7 Å². The van der Waals surface area contributed by atoms with Crippen molar-refractivity contribution in [1.82, 2.24) is 10.1 Å². The number of nitrogens with zero attached hydrogens (tertiary/aromatic N) is 4. The molecule has 0 spiro atoms. The maximum Gasteiger partial charge on any atom is 0.265 e. The Labute approximate surface area is 180 Å². The summed E-state index contributed by atoms with van der Waals surface area (Å²) in [5, 5.41) is 3.89. The number of hydrogen-bond donors (Lipinski definition) is 0. The molecule has 0 N–H and O–H groups in total. The number of amides is 1. The van der Waals surface area contributed by atoms with Gasteiger partial charge in [0.1, 0.15) is 5.75 Å². The molecule has 0 saturated heterocycles. The minimum atomic E-state index is -3.86. The topological polar surface area (TPSA) is 106 Å². The molecule has 1 amide bonds. The molecule has 0 saturated carbocycles. The van der Waals surface area contributed by atoms with Crippen LogP contribution in [0.3, 0.4) is 0 Å². The van der Waals surface area contributed by atoms with E-state index in [1.165, 1.54) is 28.4 Å². The minimum Gasteiger partial charge on any atom is -0.482 e. The van der Waals surface area contributed by atoms with Crippen LogP contribution in [-0.2, 0) is 27.8 Å². The van der Waals surface area contributed by atoms with Gasteiger partial charge in [-0.05, 0) is 37.3 Å². The van der Waals surface area contributed by atoms with E-state index in [1.807, 2.05) is 26.0 Å². The molecule has 1 aliphatic rings. The molecule has 1 aromatic heterocycles. The first-order valence-corrected chi connectivity index (χ1v) is 11.2. The van der Waals surface area contributed by atoms with Gasteiger partial charge in [-0.3, -0.25) is 14.0 Å². The van der Waals surface area contributed by atoms with Gasteiger partial charge < -0.3 is 9.26 Å². The first-order chi connectivity index (χ1) is 14.8. The Kier molecular flexibility index (Phi) is 5.40. The lowest BCUT2D eigenvalue weighted by atomic mass is 10.2. The van der Waals surface area contributed by atoms with Gasteiger partial charge in [-0.1, -0.05) is 29.8 Å². The summed E-state index contributed by atoms with van der Waals surface area (Å²) >= 11 is 0. The summed E-state index contributed by atoms with van der Waals surface area (Å²) < 4.78 is 38.3. The summed E-state index contributed by atoms with van der Waals surface area (Å²) in [6.45, 7) is 3.71. The molecule has 3 aromatic rings. The summed E-state index contributed by atoms with van der Waals surface area (Å²) in [7, 11) is -2.37. The van der Waals surface area contributed by atoms with Crippen molar-refractivity contribution in [1.29, 1.82) is 0 Å². The van der Waals surface area contributed by atoms with Crippen molar-refractivity contribution in [2.45, 2.75) is 31.7 Å². The van der Waals surface area contributed by atoms with Gasteiger partial charge in [-0.25, -0.2) is 8.42 Å². The number of anilines is 2. The molecule has 0 atom stereocenters. The molecule has 162 valence electrons. The van der Waals surface area contributed by atoms with Crippen LogP contribution >= 0.6 is 0 Å². The Balaban J connectivity index is 1.69. The molecule has 4 rings (SSSR count). The van der Waals surface area contributed by atoms with Crippen molar-refractivity contribution in [2.75, 3.05) is 22.9 Å². The highest BCUT2D eigenvalue weighted by molar-refractivity contribution is 7.92. The van der Waals surface area contributed by atoms with E-state index in [0.29, 0.717) is 35.3 Å². The Morgan fingerprint density at radius 2 is 1.90 bits per heavy atom. The zero-order chi connectivity index (χ0) is 22.2. The second-order valence-electron chi connectivity index (χ2n) is 7.16. The largest absolute Gasteiger partial charge is 0.482 e. The smallest absolute Gasteiger partial charge is 0.265 e. The first-order valence-electron chi connectivity index (χ1n) is 9.74. The standard InChI is InChI=1S/C21H22N4O5S/c1-4-20-22-19(23-30-20)12-25-17-11-16(9-10-18(17)29-13-21(25)26)31(27,28)24(3)15-7-5-14(2)6-8-15/h5-11H,4,12-13H2,1-3H3. The van der Waals surface area contributed by atoms with Gasteiger partial charge in [0.2, 0.25) is 5.89 Å². The fourth-order valence-corrected chi connectivity index (χ4v) is 4.42. The Morgan fingerprint density at radius 1 is 1.16 bits per heavy atom. The van der Waals surface area contributed by atoms with Crippen LogP contribution in [0, 0.1) is 6.92 Å². The lowest BCUT2D eigenvalue weighted by Gasteiger charge is -2.29. The van der Waals surface area contributed by atoms with Crippen molar-refractivity contribution >= 4 is 27.3 Å². The van der Waals surface area contributed by atoms with E-state index >= 15 is 0 Å². The number of aromatic nitrogens is 2. The average Bonchev–Trinajstić information content (AvgIpc) is 3.23. The molecule has 10 heteroatoms. The lowest BCUT2D eigenvalue weighted by Crippen LogP contribution is -2.38. The van der Waals surface area contributed by atoms with Crippen molar-refractivity contribution in [2.24, 2.45) is 0 Å². The van der Waals surface area contributed by atoms with Crippen LogP contribution in [0.15, 0.2) is 51.9 Å². The average molecular weight is 442 g/mol. The highest BCUT2D eigenvalue weighted by atomic mass is 32.2. The predicted molar refractivity (Wildman–Crippen MR) is 114 cm³/mol. The molecular weight excluding hydrogens is 420 g/mol. The normalized spacial score (nSPS) is 13.6. The highest BCUT2D eigenvalue weighted by Crippen LogP contribution is 2.36. The second kappa shape index (κ2) is 8.03. The number of carbonyl (C=O) groups is 1. The van der Waals surface area contributed by atoms with E-state index in [1.54, 1.807) is 18.2 Å². The Bertz CT molecular complexity index is 1220.